The third-order valence-corrected chi connectivity index (χ3v) is 8.98. The number of nitrogens with zero attached hydrogens (tertiary/aromatic N) is 2. The molecule has 2 aromatic rings. The van der Waals surface area contributed by atoms with Crippen LogP contribution in [0.3, 0.4) is 0 Å². The fraction of sp³-hybridized carbons (Fsp3) is 0.533. The molecule has 2 aromatic carbocycles. The fourth-order valence-electron chi connectivity index (χ4n) is 5.91. The second-order valence-corrected chi connectivity index (χ2v) is 11.4. The van der Waals surface area contributed by atoms with Gasteiger partial charge in [0.05, 0.1) is 6.61 Å². The van der Waals surface area contributed by atoms with Crippen LogP contribution in [-0.4, -0.2) is 65.9 Å². The van der Waals surface area contributed by atoms with E-state index in [0.29, 0.717) is 24.5 Å². The van der Waals surface area contributed by atoms with Gasteiger partial charge in [0.2, 0.25) is 0 Å². The monoisotopic (exact) mass is 524 g/mol. The molecule has 1 N–H and O–H groups in total. The number of hydrogen-bond donors (Lipinski definition) is 1. The van der Waals surface area contributed by atoms with Crippen LogP contribution in [0.5, 0.6) is 5.75 Å². The summed E-state index contributed by atoms with van der Waals surface area (Å²) >= 11 is 1.73. The Morgan fingerprint density at radius 2 is 1.70 bits per heavy atom. The second-order valence-electron chi connectivity index (χ2n) is 10.2. The highest BCUT2D eigenvalue weighted by Gasteiger charge is 2.36. The third-order valence-electron chi connectivity index (χ3n) is 7.89. The molecular weight excluding hydrogens is 484 g/mol. The van der Waals surface area contributed by atoms with Gasteiger partial charge < -0.3 is 14.7 Å². The van der Waals surface area contributed by atoms with Crippen LogP contribution in [0, 0.1) is 11.8 Å². The first-order valence-electron chi connectivity index (χ1n) is 13.7. The van der Waals surface area contributed by atoms with E-state index in [4.69, 9.17) is 9.84 Å². The molecule has 2 unspecified atom stereocenters. The lowest BCUT2D eigenvalue weighted by molar-refractivity contribution is 0.0390. The van der Waals surface area contributed by atoms with Crippen molar-refractivity contribution in [2.45, 2.75) is 62.3 Å². The molecule has 0 aromatic heterocycles. The van der Waals surface area contributed by atoms with Crippen molar-refractivity contribution in [3.63, 3.8) is 0 Å². The lowest BCUT2D eigenvalue weighted by Gasteiger charge is -2.44. The van der Waals surface area contributed by atoms with Crippen LogP contribution in [0.1, 0.15) is 72.1 Å². The van der Waals surface area contributed by atoms with Crippen molar-refractivity contribution >= 4 is 24.1 Å². The molecule has 2 atom stereocenters. The summed E-state index contributed by atoms with van der Waals surface area (Å²) in [5.74, 6) is 2.27. The summed E-state index contributed by atoms with van der Waals surface area (Å²) in [4.78, 5) is 27.5. The first kappa shape index (κ1) is 27.7. The minimum absolute atomic E-state index is 0.191. The van der Waals surface area contributed by atoms with Gasteiger partial charge in [-0.3, -0.25) is 9.59 Å². The Hall–Kier alpha value is -2.35. The zero-order valence-corrected chi connectivity index (χ0v) is 22.7. The van der Waals surface area contributed by atoms with E-state index in [2.05, 4.69) is 15.3 Å². The largest absolute Gasteiger partial charge is 0.493 e. The molecule has 200 valence electrons. The number of aliphatic hydroxyl groups excluding tert-OH is 1. The Kier molecular flexibility index (Phi) is 10.5. The Morgan fingerprint density at radius 3 is 2.46 bits per heavy atom. The highest BCUT2D eigenvalue weighted by atomic mass is 32.2. The van der Waals surface area contributed by atoms with Gasteiger partial charge in [0.1, 0.15) is 12.0 Å². The SMILES string of the molecule is CO.O=Cc1cccc(SN2CCC(COc3ccc(C(=O)N4CCCC5CCCCC54)cc3)CC2)c1. The van der Waals surface area contributed by atoms with Crippen LogP contribution >= 0.6 is 11.9 Å². The summed E-state index contributed by atoms with van der Waals surface area (Å²) in [5, 5.41) is 7.00. The van der Waals surface area contributed by atoms with Crippen molar-refractivity contribution in [1.29, 1.82) is 0 Å². The number of amides is 1. The number of rotatable bonds is 7. The predicted octanol–water partition coefficient (Wildman–Crippen LogP) is 5.70. The van der Waals surface area contributed by atoms with Crippen molar-refractivity contribution in [3.05, 3.63) is 59.7 Å². The first-order valence-corrected chi connectivity index (χ1v) is 14.4. The summed E-state index contributed by atoms with van der Waals surface area (Å²) in [7, 11) is 1.00. The van der Waals surface area contributed by atoms with Gasteiger partial charge in [-0.25, -0.2) is 4.31 Å². The summed E-state index contributed by atoms with van der Waals surface area (Å²) in [6.07, 6.45) is 10.5. The zero-order chi connectivity index (χ0) is 26.0. The van der Waals surface area contributed by atoms with E-state index in [1.54, 1.807) is 11.9 Å². The number of benzene rings is 2. The molecule has 1 aliphatic carbocycles. The minimum atomic E-state index is 0.191. The van der Waals surface area contributed by atoms with Crippen LogP contribution in [-0.2, 0) is 0 Å². The number of aldehydes is 1. The number of carbonyl (C=O) groups is 2. The summed E-state index contributed by atoms with van der Waals surface area (Å²) in [6, 6.07) is 16.0. The van der Waals surface area contributed by atoms with E-state index in [1.165, 1.54) is 32.1 Å². The van der Waals surface area contributed by atoms with E-state index in [9.17, 15) is 9.59 Å². The maximum absolute atomic E-state index is 13.2. The fourth-order valence-corrected chi connectivity index (χ4v) is 6.93. The topological polar surface area (TPSA) is 70.1 Å². The van der Waals surface area contributed by atoms with E-state index >= 15 is 0 Å². The molecule has 1 amide bonds. The van der Waals surface area contributed by atoms with Crippen LogP contribution in [0.25, 0.3) is 0 Å². The van der Waals surface area contributed by atoms with Gasteiger partial charge in [0, 0.05) is 48.8 Å². The van der Waals surface area contributed by atoms with Gasteiger partial charge in [-0.2, -0.15) is 0 Å². The van der Waals surface area contributed by atoms with Gasteiger partial charge in [0.25, 0.3) is 5.91 Å². The van der Waals surface area contributed by atoms with Gasteiger partial charge in [-0.15, -0.1) is 0 Å². The number of hydrogen-bond acceptors (Lipinski definition) is 6. The lowest BCUT2D eigenvalue weighted by atomic mass is 9.78. The number of likely N-dealkylation sites (tertiary alicyclic amines) is 1. The van der Waals surface area contributed by atoms with E-state index in [1.807, 2.05) is 42.5 Å². The van der Waals surface area contributed by atoms with Crippen molar-refractivity contribution in [3.8, 4) is 5.75 Å². The Morgan fingerprint density at radius 1 is 0.973 bits per heavy atom. The van der Waals surface area contributed by atoms with Crippen LogP contribution in [0.4, 0.5) is 0 Å². The van der Waals surface area contributed by atoms with Crippen molar-refractivity contribution in [2.75, 3.05) is 33.4 Å². The van der Waals surface area contributed by atoms with E-state index in [-0.39, 0.29) is 5.91 Å². The van der Waals surface area contributed by atoms with Gasteiger partial charge in [-0.1, -0.05) is 25.0 Å². The molecule has 2 heterocycles. The highest BCUT2D eigenvalue weighted by Crippen LogP contribution is 2.36. The Balaban J connectivity index is 0.00000156. The first-order chi connectivity index (χ1) is 18.2. The van der Waals surface area contributed by atoms with Crippen molar-refractivity contribution in [2.24, 2.45) is 11.8 Å². The maximum Gasteiger partial charge on any atom is 0.254 e. The molecule has 5 rings (SSSR count). The molecule has 0 bridgehead atoms. The van der Waals surface area contributed by atoms with Crippen molar-refractivity contribution < 1.29 is 19.4 Å². The maximum atomic E-state index is 13.2. The van der Waals surface area contributed by atoms with E-state index < -0.39 is 0 Å². The van der Waals surface area contributed by atoms with Crippen LogP contribution < -0.4 is 4.74 Å². The smallest absolute Gasteiger partial charge is 0.254 e. The molecule has 0 spiro atoms. The van der Waals surface area contributed by atoms with Gasteiger partial charge in [0.15, 0.2) is 0 Å². The molecule has 3 aliphatic rings. The molecular formula is C30H40N2O4S. The number of ether oxygens (including phenoxy) is 1. The van der Waals surface area contributed by atoms with Gasteiger partial charge >= 0.3 is 0 Å². The number of fused-ring (bicyclic) bond motifs is 1. The molecule has 1 saturated carbocycles. The number of carbonyl (C=O) groups excluding carboxylic acids is 2. The van der Waals surface area contributed by atoms with Gasteiger partial charge in [-0.05, 0) is 98.7 Å². The van der Waals surface area contributed by atoms with Crippen LogP contribution in [0.15, 0.2) is 53.4 Å². The lowest BCUT2D eigenvalue weighted by Crippen LogP contribution is -2.49. The summed E-state index contributed by atoms with van der Waals surface area (Å²) in [5.41, 5.74) is 1.51. The molecule has 3 fully saturated rings. The van der Waals surface area contributed by atoms with Crippen molar-refractivity contribution in [1.82, 2.24) is 9.21 Å². The third kappa shape index (κ3) is 7.37. The Labute approximate surface area is 225 Å². The average Bonchev–Trinajstić information content (AvgIpc) is 2.97. The van der Waals surface area contributed by atoms with Crippen LogP contribution in [0.2, 0.25) is 0 Å². The average molecular weight is 525 g/mol. The summed E-state index contributed by atoms with van der Waals surface area (Å²) < 4.78 is 8.48. The molecule has 7 heteroatoms. The van der Waals surface area contributed by atoms with E-state index in [0.717, 1.165) is 74.1 Å². The molecule has 6 nitrogen and oxygen atoms in total. The quantitative estimate of drug-likeness (QED) is 0.370. The number of piperidine rings is 2. The molecule has 37 heavy (non-hydrogen) atoms. The highest BCUT2D eigenvalue weighted by molar-refractivity contribution is 7.97. The Bertz CT molecular complexity index is 1000. The zero-order valence-electron chi connectivity index (χ0n) is 21.9. The standard InChI is InChI=1S/C29H36N2O3S.CH4O/c32-20-23-5-3-8-27(19-23)35-30-17-14-22(15-18-30)21-34-26-12-10-25(11-13-26)29(33)31-16-4-7-24-6-1-2-9-28(24)31;1-2/h3,5,8,10-13,19-20,22,24,28H,1-2,4,6-7,9,14-18,21H2;2H,1H3. The molecule has 2 aliphatic heterocycles. The molecule has 0 radical (unpaired) electrons. The molecule has 2 saturated heterocycles. The number of aliphatic hydroxyl groups is 1. The predicted molar refractivity (Wildman–Crippen MR) is 148 cm³/mol. The summed E-state index contributed by atoms with van der Waals surface area (Å²) in [6.45, 7) is 3.63. The second kappa shape index (κ2) is 14.0. The minimum Gasteiger partial charge on any atom is -0.493 e. The normalized spacial score (nSPS) is 22.4.